The molecule has 0 saturated heterocycles. The van der Waals surface area contributed by atoms with Gasteiger partial charge >= 0.3 is 0 Å². The van der Waals surface area contributed by atoms with Crippen molar-refractivity contribution in [3.63, 3.8) is 0 Å². The fourth-order valence-electron chi connectivity index (χ4n) is 1.29. The Morgan fingerprint density at radius 3 is 2.75 bits per heavy atom. The van der Waals surface area contributed by atoms with Crippen LogP contribution < -0.4 is 10.5 Å². The number of aromatic nitrogens is 1. The van der Waals surface area contributed by atoms with Crippen molar-refractivity contribution >= 4 is 17.4 Å². The van der Waals surface area contributed by atoms with Gasteiger partial charge in [-0.2, -0.15) is 0 Å². The van der Waals surface area contributed by atoms with Crippen LogP contribution in [0.5, 0.6) is 5.75 Å². The Morgan fingerprint density at radius 1 is 1.44 bits per heavy atom. The first kappa shape index (κ1) is 10.8. The fraction of sp³-hybridized carbons (Fsp3) is 0.100. The topological polar surface area (TPSA) is 61.3 Å². The van der Waals surface area contributed by atoms with Crippen LogP contribution in [0.3, 0.4) is 0 Å². The van der Waals surface area contributed by atoms with Crippen molar-refractivity contribution < 1.29 is 13.7 Å². The minimum Gasteiger partial charge on any atom is -0.495 e. The molecule has 0 saturated carbocycles. The Kier molecular flexibility index (Phi) is 2.70. The summed E-state index contributed by atoms with van der Waals surface area (Å²) in [6.45, 7) is 0. The summed E-state index contributed by atoms with van der Waals surface area (Å²) in [6, 6.07) is 3.99. The molecule has 1 aromatic carbocycles. The SMILES string of the molecule is COc1cc(F)c(-c2cc(N)no2)cc1Cl. The number of methoxy groups -OCH3 is 1. The molecular formula is C10H8ClFN2O2. The van der Waals surface area contributed by atoms with E-state index < -0.39 is 5.82 Å². The quantitative estimate of drug-likeness (QED) is 0.880. The van der Waals surface area contributed by atoms with E-state index >= 15 is 0 Å². The second kappa shape index (κ2) is 4.02. The molecule has 0 fully saturated rings. The van der Waals surface area contributed by atoms with E-state index in [-0.39, 0.29) is 27.9 Å². The molecule has 0 atom stereocenters. The summed E-state index contributed by atoms with van der Waals surface area (Å²) in [5.74, 6) is 0.147. The molecule has 0 aliphatic rings. The van der Waals surface area contributed by atoms with Gasteiger partial charge in [-0.05, 0) is 6.07 Å². The zero-order valence-corrected chi connectivity index (χ0v) is 9.08. The third-order valence-corrected chi connectivity index (χ3v) is 2.33. The molecule has 16 heavy (non-hydrogen) atoms. The van der Waals surface area contributed by atoms with E-state index in [2.05, 4.69) is 5.16 Å². The molecule has 1 heterocycles. The summed E-state index contributed by atoms with van der Waals surface area (Å²) in [7, 11) is 1.41. The largest absolute Gasteiger partial charge is 0.495 e. The van der Waals surface area contributed by atoms with E-state index in [4.69, 9.17) is 26.6 Å². The Morgan fingerprint density at radius 2 is 2.19 bits per heavy atom. The first-order valence-corrected chi connectivity index (χ1v) is 4.75. The van der Waals surface area contributed by atoms with Crippen LogP contribution in [0.2, 0.25) is 5.02 Å². The molecular weight excluding hydrogens is 235 g/mol. The van der Waals surface area contributed by atoms with E-state index in [1.165, 1.54) is 25.3 Å². The maximum absolute atomic E-state index is 13.6. The van der Waals surface area contributed by atoms with Gasteiger partial charge in [-0.3, -0.25) is 0 Å². The second-order valence-corrected chi connectivity index (χ2v) is 3.49. The highest BCUT2D eigenvalue weighted by Crippen LogP contribution is 2.33. The lowest BCUT2D eigenvalue weighted by molar-refractivity contribution is 0.410. The number of ether oxygens (including phenoxy) is 1. The number of hydrogen-bond acceptors (Lipinski definition) is 4. The fourth-order valence-corrected chi connectivity index (χ4v) is 1.53. The lowest BCUT2D eigenvalue weighted by Gasteiger charge is -2.05. The highest BCUT2D eigenvalue weighted by atomic mass is 35.5. The van der Waals surface area contributed by atoms with E-state index in [0.717, 1.165) is 0 Å². The van der Waals surface area contributed by atoms with E-state index in [1.54, 1.807) is 0 Å². The molecule has 1 aromatic heterocycles. The minimum atomic E-state index is -0.516. The van der Waals surface area contributed by atoms with Crippen LogP contribution in [-0.2, 0) is 0 Å². The second-order valence-electron chi connectivity index (χ2n) is 3.08. The van der Waals surface area contributed by atoms with E-state index in [1.807, 2.05) is 0 Å². The first-order valence-electron chi connectivity index (χ1n) is 4.37. The van der Waals surface area contributed by atoms with Crippen molar-refractivity contribution in [1.29, 1.82) is 0 Å². The molecule has 2 rings (SSSR count). The van der Waals surface area contributed by atoms with Gasteiger partial charge in [-0.25, -0.2) is 4.39 Å². The maximum Gasteiger partial charge on any atom is 0.172 e. The standard InChI is InChI=1S/C10H8ClFN2O2/c1-15-9-3-7(12)5(2-6(9)11)8-4-10(13)14-16-8/h2-4H,1H3,(H2,13,14). The third-order valence-electron chi connectivity index (χ3n) is 2.04. The van der Waals surface area contributed by atoms with Crippen LogP contribution in [-0.4, -0.2) is 12.3 Å². The van der Waals surface area contributed by atoms with Gasteiger partial charge in [-0.15, -0.1) is 0 Å². The van der Waals surface area contributed by atoms with Gasteiger partial charge in [0, 0.05) is 12.1 Å². The van der Waals surface area contributed by atoms with Crippen molar-refractivity contribution in [1.82, 2.24) is 5.16 Å². The number of hydrogen-bond donors (Lipinski definition) is 1. The molecule has 2 N–H and O–H groups in total. The van der Waals surface area contributed by atoms with Crippen LogP contribution >= 0.6 is 11.6 Å². The molecule has 0 aliphatic heterocycles. The number of anilines is 1. The first-order chi connectivity index (χ1) is 7.61. The lowest BCUT2D eigenvalue weighted by Crippen LogP contribution is -1.89. The van der Waals surface area contributed by atoms with Crippen molar-refractivity contribution in [3.8, 4) is 17.1 Å². The van der Waals surface area contributed by atoms with Crippen molar-refractivity contribution in [2.45, 2.75) is 0 Å². The average molecular weight is 243 g/mol. The molecule has 0 spiro atoms. The summed E-state index contributed by atoms with van der Waals surface area (Å²) in [5, 5.41) is 3.75. The number of nitrogen functional groups attached to an aromatic ring is 1. The number of halogens is 2. The van der Waals surface area contributed by atoms with Crippen LogP contribution in [0.15, 0.2) is 22.7 Å². The zero-order valence-electron chi connectivity index (χ0n) is 8.33. The maximum atomic E-state index is 13.6. The van der Waals surface area contributed by atoms with Crippen molar-refractivity contribution in [2.24, 2.45) is 0 Å². The van der Waals surface area contributed by atoms with Gasteiger partial charge in [-0.1, -0.05) is 16.8 Å². The number of nitrogens with zero attached hydrogens (tertiary/aromatic N) is 1. The van der Waals surface area contributed by atoms with Crippen molar-refractivity contribution in [2.75, 3.05) is 12.8 Å². The summed E-state index contributed by atoms with van der Waals surface area (Å²) >= 11 is 5.87. The molecule has 84 valence electrons. The molecule has 6 heteroatoms. The molecule has 0 radical (unpaired) electrons. The molecule has 0 amide bonds. The number of nitrogens with two attached hydrogens (primary N) is 1. The van der Waals surface area contributed by atoms with Crippen LogP contribution in [0.25, 0.3) is 11.3 Å². The predicted molar refractivity (Wildman–Crippen MR) is 57.9 cm³/mol. The number of benzene rings is 1. The summed E-state index contributed by atoms with van der Waals surface area (Å²) < 4.78 is 23.4. The Labute approximate surface area is 95.7 Å². The van der Waals surface area contributed by atoms with Crippen LogP contribution in [0.4, 0.5) is 10.2 Å². The molecule has 4 nitrogen and oxygen atoms in total. The normalized spacial score (nSPS) is 10.4. The van der Waals surface area contributed by atoms with E-state index in [9.17, 15) is 4.39 Å². The number of rotatable bonds is 2. The molecule has 2 aromatic rings. The molecule has 0 aliphatic carbocycles. The predicted octanol–water partition coefficient (Wildman–Crippen LogP) is 2.72. The summed E-state index contributed by atoms with van der Waals surface area (Å²) in [5.41, 5.74) is 5.56. The smallest absolute Gasteiger partial charge is 0.172 e. The zero-order chi connectivity index (χ0) is 11.7. The Hall–Kier alpha value is -1.75. The van der Waals surface area contributed by atoms with Gasteiger partial charge in [0.05, 0.1) is 17.7 Å². The average Bonchev–Trinajstić information content (AvgIpc) is 2.67. The minimum absolute atomic E-state index is 0.182. The monoisotopic (exact) mass is 242 g/mol. The van der Waals surface area contributed by atoms with Gasteiger partial charge in [0.25, 0.3) is 0 Å². The van der Waals surface area contributed by atoms with Crippen LogP contribution in [0, 0.1) is 5.82 Å². The summed E-state index contributed by atoms with van der Waals surface area (Å²) in [6.07, 6.45) is 0. The van der Waals surface area contributed by atoms with Gasteiger partial charge in [0.15, 0.2) is 11.6 Å². The van der Waals surface area contributed by atoms with E-state index in [0.29, 0.717) is 0 Å². The summed E-state index contributed by atoms with van der Waals surface area (Å²) in [4.78, 5) is 0. The lowest BCUT2D eigenvalue weighted by atomic mass is 10.1. The third kappa shape index (κ3) is 1.81. The Bertz CT molecular complexity index is 528. The van der Waals surface area contributed by atoms with Crippen LogP contribution in [0.1, 0.15) is 0 Å². The molecule has 0 unspecified atom stereocenters. The van der Waals surface area contributed by atoms with Gasteiger partial charge < -0.3 is 15.0 Å². The van der Waals surface area contributed by atoms with Gasteiger partial charge in [0.2, 0.25) is 0 Å². The highest BCUT2D eigenvalue weighted by molar-refractivity contribution is 6.32. The Balaban J connectivity index is 2.54. The van der Waals surface area contributed by atoms with Gasteiger partial charge in [0.1, 0.15) is 11.6 Å². The molecule has 0 bridgehead atoms. The highest BCUT2D eigenvalue weighted by Gasteiger charge is 2.14. The van der Waals surface area contributed by atoms with Crippen molar-refractivity contribution in [3.05, 3.63) is 29.0 Å².